The molecule has 0 unspecified atom stereocenters. The average molecular weight is 598 g/mol. The van der Waals surface area contributed by atoms with Crippen molar-refractivity contribution in [3.05, 3.63) is 53.8 Å². The predicted octanol–water partition coefficient (Wildman–Crippen LogP) is 0.320. The van der Waals surface area contributed by atoms with Crippen LogP contribution in [0.1, 0.15) is 12.8 Å². The van der Waals surface area contributed by atoms with Crippen LogP contribution in [-0.4, -0.2) is 56.7 Å². The molecule has 0 aliphatic rings. The van der Waals surface area contributed by atoms with Crippen molar-refractivity contribution in [3.63, 3.8) is 0 Å². The molecule has 2 amide bonds. The van der Waals surface area contributed by atoms with Crippen LogP contribution in [0.5, 0.6) is 0 Å². The summed E-state index contributed by atoms with van der Waals surface area (Å²) < 4.78 is 54.5. The molecule has 0 spiro atoms. The summed E-state index contributed by atoms with van der Waals surface area (Å²) in [5.41, 5.74) is 10.7. The van der Waals surface area contributed by atoms with Gasteiger partial charge in [0, 0.05) is 37.3 Å². The van der Waals surface area contributed by atoms with Crippen LogP contribution < -0.4 is 31.5 Å². The van der Waals surface area contributed by atoms with E-state index >= 15 is 0 Å². The van der Waals surface area contributed by atoms with E-state index in [0.29, 0.717) is 11.4 Å². The monoisotopic (exact) mass is 597 g/mol. The highest BCUT2D eigenvalue weighted by Gasteiger charge is 2.16. The Kier molecular flexibility index (Phi) is 9.71. The molecule has 0 fully saturated rings. The number of carbonyl (C=O) groups is 2. The molecule has 0 radical (unpaired) electrons. The molecule has 1 aromatic heterocycles. The van der Waals surface area contributed by atoms with Crippen molar-refractivity contribution in [2.24, 2.45) is 11.5 Å². The standard InChI is InChI=1S/C21H24ClN9O6S2/c22-19-29-20(27-13-3-1-5-15(11-13)38(34,35)25-9-7-17(23)32)31-21(30-19)28-14-4-2-6-16(12-14)39(36,37)26-10-8-18(24)33/h1-6,11-12,25-26H,7-10H2,(H2,23,32)(H2,24,33)(H2,27,28,29,30,31). The summed E-state index contributed by atoms with van der Waals surface area (Å²) in [6, 6.07) is 11.4. The van der Waals surface area contributed by atoms with Crippen LogP contribution in [0.2, 0.25) is 5.28 Å². The molecule has 15 nitrogen and oxygen atoms in total. The highest BCUT2D eigenvalue weighted by Crippen LogP contribution is 2.22. The number of nitrogens with zero attached hydrogens (tertiary/aromatic N) is 3. The van der Waals surface area contributed by atoms with Crippen LogP contribution in [-0.2, 0) is 29.6 Å². The molecular formula is C21H24ClN9O6S2. The second kappa shape index (κ2) is 12.8. The van der Waals surface area contributed by atoms with Crippen molar-refractivity contribution in [1.82, 2.24) is 24.4 Å². The number of carbonyl (C=O) groups excluding carboxylic acids is 2. The summed E-state index contributed by atoms with van der Waals surface area (Å²) in [5, 5.41) is 5.45. The lowest BCUT2D eigenvalue weighted by Gasteiger charge is -2.11. The van der Waals surface area contributed by atoms with E-state index in [1.54, 1.807) is 12.1 Å². The van der Waals surface area contributed by atoms with Crippen LogP contribution >= 0.6 is 11.6 Å². The first-order chi connectivity index (χ1) is 18.3. The van der Waals surface area contributed by atoms with E-state index in [1.807, 2.05) is 0 Å². The van der Waals surface area contributed by atoms with Crippen molar-refractivity contribution in [2.75, 3.05) is 23.7 Å². The maximum Gasteiger partial charge on any atom is 0.240 e. The zero-order chi connectivity index (χ0) is 28.6. The second-order valence-corrected chi connectivity index (χ2v) is 11.7. The number of aromatic nitrogens is 3. The highest BCUT2D eigenvalue weighted by atomic mass is 35.5. The Balaban J connectivity index is 1.76. The van der Waals surface area contributed by atoms with Gasteiger partial charge in [-0.15, -0.1) is 0 Å². The SMILES string of the molecule is NC(=O)CCNS(=O)(=O)c1cccc(Nc2nc(Cl)nc(Nc3cccc(S(=O)(=O)NCCC(N)=O)c3)n2)c1. The number of anilines is 4. The number of hydrogen-bond acceptors (Lipinski definition) is 11. The van der Waals surface area contributed by atoms with Gasteiger partial charge in [0.15, 0.2) is 0 Å². The minimum Gasteiger partial charge on any atom is -0.370 e. The second-order valence-electron chi connectivity index (χ2n) is 7.79. The van der Waals surface area contributed by atoms with Gasteiger partial charge in [-0.3, -0.25) is 9.59 Å². The van der Waals surface area contributed by atoms with Crippen molar-refractivity contribution in [1.29, 1.82) is 0 Å². The molecule has 208 valence electrons. The molecule has 0 bridgehead atoms. The number of nitrogens with two attached hydrogens (primary N) is 2. The van der Waals surface area contributed by atoms with Gasteiger partial charge in [0.05, 0.1) is 9.79 Å². The lowest BCUT2D eigenvalue weighted by molar-refractivity contribution is -0.118. The summed E-state index contributed by atoms with van der Waals surface area (Å²) in [7, 11) is -7.84. The molecule has 0 saturated carbocycles. The number of halogens is 1. The fraction of sp³-hybridized carbons (Fsp3) is 0.190. The van der Waals surface area contributed by atoms with E-state index in [0.717, 1.165) is 0 Å². The van der Waals surface area contributed by atoms with E-state index in [1.165, 1.54) is 36.4 Å². The van der Waals surface area contributed by atoms with Crippen LogP contribution in [0.3, 0.4) is 0 Å². The molecule has 8 N–H and O–H groups in total. The predicted molar refractivity (Wildman–Crippen MR) is 142 cm³/mol. The molecule has 18 heteroatoms. The average Bonchev–Trinajstić information content (AvgIpc) is 2.83. The third-order valence-electron chi connectivity index (χ3n) is 4.74. The van der Waals surface area contributed by atoms with Gasteiger partial charge in [0.2, 0.25) is 49.0 Å². The number of hydrogen-bond donors (Lipinski definition) is 6. The van der Waals surface area contributed by atoms with E-state index < -0.39 is 31.9 Å². The van der Waals surface area contributed by atoms with Crippen LogP contribution in [0.25, 0.3) is 0 Å². The number of amides is 2. The van der Waals surface area contributed by atoms with E-state index in [2.05, 4.69) is 35.0 Å². The quantitative estimate of drug-likeness (QED) is 0.148. The van der Waals surface area contributed by atoms with Crippen LogP contribution in [0.4, 0.5) is 23.3 Å². The molecule has 3 aromatic rings. The van der Waals surface area contributed by atoms with Gasteiger partial charge in [0.25, 0.3) is 0 Å². The van der Waals surface area contributed by atoms with Gasteiger partial charge < -0.3 is 22.1 Å². The third-order valence-corrected chi connectivity index (χ3v) is 7.82. The fourth-order valence-electron chi connectivity index (χ4n) is 2.99. The first-order valence-corrected chi connectivity index (χ1v) is 14.4. The van der Waals surface area contributed by atoms with Gasteiger partial charge in [-0.05, 0) is 48.0 Å². The first kappa shape index (κ1) is 29.7. The summed E-state index contributed by atoms with van der Waals surface area (Å²) in [4.78, 5) is 33.7. The highest BCUT2D eigenvalue weighted by molar-refractivity contribution is 7.89. The van der Waals surface area contributed by atoms with Crippen LogP contribution in [0, 0.1) is 0 Å². The van der Waals surface area contributed by atoms with E-state index in [9.17, 15) is 26.4 Å². The maximum atomic E-state index is 12.5. The van der Waals surface area contributed by atoms with Gasteiger partial charge in [-0.25, -0.2) is 26.3 Å². The molecular weight excluding hydrogens is 574 g/mol. The molecule has 0 aliphatic heterocycles. The number of sulfonamides is 2. The summed E-state index contributed by atoms with van der Waals surface area (Å²) >= 11 is 6.03. The Hall–Kier alpha value is -3.90. The van der Waals surface area contributed by atoms with Crippen LogP contribution in [0.15, 0.2) is 58.3 Å². The third kappa shape index (κ3) is 9.11. The molecule has 1 heterocycles. The van der Waals surface area contributed by atoms with Crippen molar-refractivity contribution >= 4 is 66.7 Å². The van der Waals surface area contributed by atoms with E-state index in [4.69, 9.17) is 23.1 Å². The van der Waals surface area contributed by atoms with Gasteiger partial charge in [-0.1, -0.05) is 12.1 Å². The maximum absolute atomic E-state index is 12.5. The largest absolute Gasteiger partial charge is 0.370 e. The van der Waals surface area contributed by atoms with E-state index in [-0.39, 0.29) is 52.9 Å². The van der Waals surface area contributed by atoms with Crippen molar-refractivity contribution in [2.45, 2.75) is 22.6 Å². The lowest BCUT2D eigenvalue weighted by atomic mass is 10.3. The van der Waals surface area contributed by atoms with Gasteiger partial charge in [0.1, 0.15) is 0 Å². The molecule has 39 heavy (non-hydrogen) atoms. The van der Waals surface area contributed by atoms with Gasteiger partial charge >= 0.3 is 0 Å². The van der Waals surface area contributed by atoms with Gasteiger partial charge in [-0.2, -0.15) is 15.0 Å². The van der Waals surface area contributed by atoms with Crippen molar-refractivity contribution < 1.29 is 26.4 Å². The molecule has 3 rings (SSSR count). The molecule has 2 aromatic carbocycles. The molecule has 0 atom stereocenters. The summed E-state index contributed by atoms with van der Waals surface area (Å²) in [6.07, 6.45) is -0.312. The number of rotatable bonds is 14. The smallest absolute Gasteiger partial charge is 0.240 e. The van der Waals surface area contributed by atoms with Crippen molar-refractivity contribution in [3.8, 4) is 0 Å². The Morgan fingerprint density at radius 2 is 1.13 bits per heavy atom. The zero-order valence-corrected chi connectivity index (χ0v) is 22.5. The fourth-order valence-corrected chi connectivity index (χ4v) is 5.30. The minimum absolute atomic E-state index is 0.0365. The Labute approximate surface area is 228 Å². The minimum atomic E-state index is -3.92. The lowest BCUT2D eigenvalue weighted by Crippen LogP contribution is -2.28. The Morgan fingerprint density at radius 1 is 0.718 bits per heavy atom. The number of benzene rings is 2. The number of nitrogens with one attached hydrogen (secondary N) is 4. The zero-order valence-electron chi connectivity index (χ0n) is 20.1. The Bertz CT molecular complexity index is 1470. The normalized spacial score (nSPS) is 11.6. The molecule has 0 saturated heterocycles. The summed E-state index contributed by atoms with van der Waals surface area (Å²) in [6.45, 7) is -0.307. The topological polar surface area (TPSA) is 241 Å². The first-order valence-electron chi connectivity index (χ1n) is 11.1. The Morgan fingerprint density at radius 3 is 1.51 bits per heavy atom. The summed E-state index contributed by atoms with van der Waals surface area (Å²) in [5.74, 6) is -1.36. The number of primary amides is 2. The molecule has 0 aliphatic carbocycles.